The van der Waals surface area contributed by atoms with Crippen LogP contribution in [0.1, 0.15) is 18.3 Å². The van der Waals surface area contributed by atoms with Gasteiger partial charge in [0, 0.05) is 12.1 Å². The van der Waals surface area contributed by atoms with Gasteiger partial charge in [-0.25, -0.2) is 4.63 Å². The molecule has 0 aliphatic heterocycles. The average molecular weight is 240 g/mol. The van der Waals surface area contributed by atoms with Crippen LogP contribution in [0.5, 0.6) is 0 Å². The normalized spacial score (nSPS) is 24.0. The lowest BCUT2D eigenvalue weighted by atomic mass is 9.87. The molecule has 5 N–H and O–H groups in total. The number of hydrogen-bond donors (Lipinski definition) is 5. The quantitative estimate of drug-likeness (QED) is 0.450. The number of hydroxylamine groups is 2. The molecule has 1 heterocycles. The molecular formula is C9H12N4O4. The molecule has 8 heteroatoms. The van der Waals surface area contributed by atoms with Gasteiger partial charge in [0.05, 0.1) is 5.70 Å². The van der Waals surface area contributed by atoms with E-state index in [1.54, 1.807) is 6.08 Å². The standard InChI is InChI=1S/C9H12N4O4/c1-5(10-15)4-9(14)7(11-16)3-2-6-8(9)13-17-12-6/h3-4,10-11,14-16H,2H2,1H3/t9-/m0/s1. The zero-order chi connectivity index (χ0) is 12.5. The number of rotatable bonds is 3. The van der Waals surface area contributed by atoms with Crippen LogP contribution in [-0.2, 0) is 12.0 Å². The third-order valence-corrected chi connectivity index (χ3v) is 2.55. The van der Waals surface area contributed by atoms with Gasteiger partial charge in [-0.1, -0.05) is 16.4 Å². The van der Waals surface area contributed by atoms with Crippen LogP contribution >= 0.6 is 0 Å². The predicted molar refractivity (Wildman–Crippen MR) is 53.6 cm³/mol. The van der Waals surface area contributed by atoms with Crippen LogP contribution in [0.15, 0.2) is 28.2 Å². The van der Waals surface area contributed by atoms with Gasteiger partial charge in [-0.15, -0.1) is 0 Å². The van der Waals surface area contributed by atoms with E-state index in [1.165, 1.54) is 13.0 Å². The third kappa shape index (κ3) is 1.78. The number of aromatic nitrogens is 2. The second kappa shape index (κ2) is 4.17. The Morgan fingerprint density at radius 3 is 2.94 bits per heavy atom. The number of nitrogens with one attached hydrogen (secondary N) is 2. The summed E-state index contributed by atoms with van der Waals surface area (Å²) >= 11 is 0. The van der Waals surface area contributed by atoms with Gasteiger partial charge in [0.15, 0.2) is 5.60 Å². The summed E-state index contributed by atoms with van der Waals surface area (Å²) in [5, 5.41) is 35.5. The summed E-state index contributed by atoms with van der Waals surface area (Å²) in [6.07, 6.45) is 3.21. The first-order chi connectivity index (χ1) is 8.11. The largest absolute Gasteiger partial charge is 0.373 e. The summed E-state index contributed by atoms with van der Waals surface area (Å²) in [5.74, 6) is 0. The molecule has 1 aromatic rings. The van der Waals surface area contributed by atoms with Gasteiger partial charge in [0.1, 0.15) is 11.4 Å². The first-order valence-electron chi connectivity index (χ1n) is 4.86. The highest BCUT2D eigenvalue weighted by molar-refractivity contribution is 5.40. The van der Waals surface area contributed by atoms with Gasteiger partial charge in [0.2, 0.25) is 0 Å². The minimum Gasteiger partial charge on any atom is -0.373 e. The fourth-order valence-corrected chi connectivity index (χ4v) is 1.73. The summed E-state index contributed by atoms with van der Waals surface area (Å²) in [6, 6.07) is 0. The molecule has 0 unspecified atom stereocenters. The van der Waals surface area contributed by atoms with Crippen molar-refractivity contribution in [1.29, 1.82) is 0 Å². The van der Waals surface area contributed by atoms with Crippen molar-refractivity contribution in [3.05, 3.63) is 34.9 Å². The first kappa shape index (κ1) is 11.6. The molecule has 1 aromatic heterocycles. The monoisotopic (exact) mass is 240 g/mol. The molecule has 0 aromatic carbocycles. The Hall–Kier alpha value is -1.90. The summed E-state index contributed by atoms with van der Waals surface area (Å²) < 4.78 is 4.56. The second-order valence-corrected chi connectivity index (χ2v) is 3.70. The maximum Gasteiger partial charge on any atom is 0.174 e. The van der Waals surface area contributed by atoms with Crippen LogP contribution in [0.3, 0.4) is 0 Å². The topological polar surface area (TPSA) is 124 Å². The van der Waals surface area contributed by atoms with Gasteiger partial charge < -0.3 is 5.11 Å². The summed E-state index contributed by atoms with van der Waals surface area (Å²) in [5.41, 5.74) is 3.11. The molecule has 0 spiro atoms. The van der Waals surface area contributed by atoms with Crippen molar-refractivity contribution in [3.8, 4) is 0 Å². The van der Waals surface area contributed by atoms with E-state index in [0.717, 1.165) is 0 Å². The Balaban J connectivity index is 2.53. The molecule has 0 radical (unpaired) electrons. The lowest BCUT2D eigenvalue weighted by Crippen LogP contribution is -2.37. The van der Waals surface area contributed by atoms with Gasteiger partial charge in [0.25, 0.3) is 0 Å². The highest BCUT2D eigenvalue weighted by Crippen LogP contribution is 2.34. The number of hydrogen-bond acceptors (Lipinski definition) is 8. The van der Waals surface area contributed by atoms with E-state index < -0.39 is 5.60 Å². The maximum atomic E-state index is 10.5. The Kier molecular flexibility index (Phi) is 2.84. The van der Waals surface area contributed by atoms with Crippen LogP contribution < -0.4 is 11.0 Å². The van der Waals surface area contributed by atoms with Crippen molar-refractivity contribution in [3.63, 3.8) is 0 Å². The average Bonchev–Trinajstić information content (AvgIpc) is 2.78. The van der Waals surface area contributed by atoms with E-state index in [-0.39, 0.29) is 17.1 Å². The minimum absolute atomic E-state index is 0.121. The smallest absolute Gasteiger partial charge is 0.174 e. The van der Waals surface area contributed by atoms with Crippen LogP contribution in [-0.4, -0.2) is 25.8 Å². The van der Waals surface area contributed by atoms with Gasteiger partial charge in [-0.05, 0) is 13.0 Å². The zero-order valence-corrected chi connectivity index (χ0v) is 9.01. The van der Waals surface area contributed by atoms with Gasteiger partial charge >= 0.3 is 0 Å². The number of nitrogens with zero attached hydrogens (tertiary/aromatic N) is 2. The Bertz CT molecular complexity index is 481. The van der Waals surface area contributed by atoms with Crippen molar-refractivity contribution >= 4 is 0 Å². The SMILES string of the molecule is CC(=C[C@]1(O)C(NO)=CCc2nonc21)NO. The van der Waals surface area contributed by atoms with Crippen LogP contribution in [0.25, 0.3) is 0 Å². The van der Waals surface area contributed by atoms with E-state index in [0.29, 0.717) is 12.1 Å². The van der Waals surface area contributed by atoms with Crippen molar-refractivity contribution in [2.45, 2.75) is 18.9 Å². The van der Waals surface area contributed by atoms with Gasteiger partial charge in [-0.3, -0.25) is 21.4 Å². The van der Waals surface area contributed by atoms with E-state index in [2.05, 4.69) is 14.9 Å². The van der Waals surface area contributed by atoms with Crippen molar-refractivity contribution < 1.29 is 20.2 Å². The van der Waals surface area contributed by atoms with E-state index in [9.17, 15) is 5.11 Å². The van der Waals surface area contributed by atoms with E-state index in [4.69, 9.17) is 10.4 Å². The van der Waals surface area contributed by atoms with Crippen LogP contribution in [0.2, 0.25) is 0 Å². The van der Waals surface area contributed by atoms with Gasteiger partial charge in [-0.2, -0.15) is 0 Å². The minimum atomic E-state index is -1.72. The molecular weight excluding hydrogens is 228 g/mol. The zero-order valence-electron chi connectivity index (χ0n) is 9.01. The Morgan fingerprint density at radius 1 is 1.53 bits per heavy atom. The molecule has 0 amide bonds. The Labute approximate surface area is 96.1 Å². The molecule has 1 aliphatic carbocycles. The molecule has 0 bridgehead atoms. The number of fused-ring (bicyclic) bond motifs is 1. The second-order valence-electron chi connectivity index (χ2n) is 3.70. The van der Waals surface area contributed by atoms with E-state index >= 15 is 0 Å². The fourth-order valence-electron chi connectivity index (χ4n) is 1.73. The summed E-state index contributed by atoms with van der Waals surface area (Å²) in [4.78, 5) is 0. The van der Waals surface area contributed by atoms with Crippen molar-refractivity contribution in [2.75, 3.05) is 0 Å². The molecule has 8 nitrogen and oxygen atoms in total. The molecule has 0 saturated heterocycles. The predicted octanol–water partition coefficient (Wildman–Crippen LogP) is -0.441. The maximum absolute atomic E-state index is 10.5. The third-order valence-electron chi connectivity index (χ3n) is 2.55. The molecule has 17 heavy (non-hydrogen) atoms. The highest BCUT2D eigenvalue weighted by Gasteiger charge is 2.41. The van der Waals surface area contributed by atoms with Crippen molar-refractivity contribution in [1.82, 2.24) is 21.3 Å². The fraction of sp³-hybridized carbons (Fsp3) is 0.333. The number of aliphatic hydroxyl groups is 1. The highest BCUT2D eigenvalue weighted by atomic mass is 16.6. The van der Waals surface area contributed by atoms with Crippen LogP contribution in [0.4, 0.5) is 0 Å². The number of allylic oxidation sites excluding steroid dienone is 2. The van der Waals surface area contributed by atoms with Crippen molar-refractivity contribution in [2.24, 2.45) is 0 Å². The Morgan fingerprint density at radius 2 is 2.29 bits per heavy atom. The molecule has 0 saturated carbocycles. The van der Waals surface area contributed by atoms with E-state index in [1.807, 2.05) is 11.0 Å². The molecule has 0 fully saturated rings. The molecule has 92 valence electrons. The molecule has 1 atom stereocenters. The summed E-state index contributed by atoms with van der Waals surface area (Å²) in [6.45, 7) is 1.54. The molecule has 1 aliphatic rings. The lowest BCUT2D eigenvalue weighted by Gasteiger charge is -2.28. The molecule has 2 rings (SSSR count). The first-order valence-corrected chi connectivity index (χ1v) is 4.86. The lowest BCUT2D eigenvalue weighted by molar-refractivity contribution is 0.0680. The van der Waals surface area contributed by atoms with Crippen LogP contribution in [0, 0.1) is 0 Å². The summed E-state index contributed by atoms with van der Waals surface area (Å²) in [7, 11) is 0.